The number of nitrogens with zero attached hydrogens (tertiary/aromatic N) is 1. The summed E-state index contributed by atoms with van der Waals surface area (Å²) in [4.78, 5) is 19.7. The summed E-state index contributed by atoms with van der Waals surface area (Å²) in [5, 5.41) is 7.08. The number of hydrogen-bond donors (Lipinski definition) is 3. The largest absolute Gasteiger partial charge is 0.361 e. The Morgan fingerprint density at radius 2 is 2.26 bits per heavy atom. The molecule has 2 heterocycles. The summed E-state index contributed by atoms with van der Waals surface area (Å²) in [6, 6.07) is 7.47. The van der Waals surface area contributed by atoms with Gasteiger partial charge in [-0.25, -0.2) is 4.98 Å². The highest BCUT2D eigenvalue weighted by molar-refractivity contribution is 7.09. The van der Waals surface area contributed by atoms with Crippen LogP contribution in [0.1, 0.15) is 16.3 Å². The quantitative estimate of drug-likeness (QED) is 0.648. The number of hydrogen-bond acceptors (Lipinski definition) is 4. The zero-order valence-corrected chi connectivity index (χ0v) is 13.8. The molecule has 23 heavy (non-hydrogen) atoms. The Balaban J connectivity index is 1.53. The standard InChI is InChI=1S/C17H20N4OS/c1-11-21-13(10-23-11)6-7-19-17(22)15(18)8-12-9-20-16-5-3-2-4-14(12)16/h2-5,9-10,15,20H,6-8,18H2,1H3,(H,19,22)/t15-/m0/s1. The summed E-state index contributed by atoms with van der Waals surface area (Å²) in [5.41, 5.74) is 9.19. The third kappa shape index (κ3) is 3.78. The van der Waals surface area contributed by atoms with Crippen LogP contribution < -0.4 is 11.1 Å². The molecule has 120 valence electrons. The minimum atomic E-state index is -0.550. The highest BCUT2D eigenvalue weighted by atomic mass is 32.1. The molecule has 3 aromatic rings. The van der Waals surface area contributed by atoms with Gasteiger partial charge in [-0.1, -0.05) is 18.2 Å². The van der Waals surface area contributed by atoms with Crippen molar-refractivity contribution in [3.63, 3.8) is 0 Å². The van der Waals surface area contributed by atoms with E-state index in [4.69, 9.17) is 5.73 Å². The van der Waals surface area contributed by atoms with Crippen LogP contribution in [0.2, 0.25) is 0 Å². The molecule has 0 saturated carbocycles. The van der Waals surface area contributed by atoms with Gasteiger partial charge in [0.05, 0.1) is 16.7 Å². The van der Waals surface area contributed by atoms with Crippen molar-refractivity contribution < 1.29 is 4.79 Å². The first-order chi connectivity index (χ1) is 11.1. The molecule has 4 N–H and O–H groups in total. The summed E-state index contributed by atoms with van der Waals surface area (Å²) in [5.74, 6) is -0.123. The van der Waals surface area contributed by atoms with Crippen molar-refractivity contribution in [2.24, 2.45) is 5.73 Å². The van der Waals surface area contributed by atoms with Crippen LogP contribution in [-0.2, 0) is 17.6 Å². The van der Waals surface area contributed by atoms with Gasteiger partial charge in [0.15, 0.2) is 0 Å². The number of carbonyl (C=O) groups excluding carboxylic acids is 1. The maximum absolute atomic E-state index is 12.1. The van der Waals surface area contributed by atoms with Crippen LogP contribution in [0.25, 0.3) is 10.9 Å². The average molecular weight is 328 g/mol. The van der Waals surface area contributed by atoms with Crippen molar-refractivity contribution in [3.8, 4) is 0 Å². The Morgan fingerprint density at radius 3 is 3.04 bits per heavy atom. The first kappa shape index (κ1) is 15.7. The fraction of sp³-hybridized carbons (Fsp3) is 0.294. The first-order valence-corrected chi connectivity index (χ1v) is 8.51. The summed E-state index contributed by atoms with van der Waals surface area (Å²) >= 11 is 1.62. The second-order valence-electron chi connectivity index (χ2n) is 5.57. The molecule has 2 aromatic heterocycles. The van der Waals surface area contributed by atoms with Crippen LogP contribution in [0.5, 0.6) is 0 Å². The van der Waals surface area contributed by atoms with E-state index in [1.807, 2.05) is 42.8 Å². The number of aryl methyl sites for hydroxylation is 1. The number of para-hydroxylation sites is 1. The maximum atomic E-state index is 12.1. The molecule has 0 bridgehead atoms. The van der Waals surface area contributed by atoms with Crippen molar-refractivity contribution in [1.82, 2.24) is 15.3 Å². The van der Waals surface area contributed by atoms with Gasteiger partial charge in [0.25, 0.3) is 0 Å². The third-order valence-electron chi connectivity index (χ3n) is 3.80. The number of carbonyl (C=O) groups is 1. The van der Waals surface area contributed by atoms with E-state index in [-0.39, 0.29) is 5.91 Å². The van der Waals surface area contributed by atoms with Gasteiger partial charge in [0, 0.05) is 35.4 Å². The Bertz CT molecular complexity index is 808. The molecule has 0 saturated heterocycles. The van der Waals surface area contributed by atoms with Crippen LogP contribution in [0.3, 0.4) is 0 Å². The van der Waals surface area contributed by atoms with Gasteiger partial charge in [-0.15, -0.1) is 11.3 Å². The molecule has 0 aliphatic carbocycles. The Morgan fingerprint density at radius 1 is 1.43 bits per heavy atom. The van der Waals surface area contributed by atoms with E-state index >= 15 is 0 Å². The fourth-order valence-corrected chi connectivity index (χ4v) is 3.25. The molecule has 0 aliphatic heterocycles. The van der Waals surface area contributed by atoms with Crippen LogP contribution in [0.15, 0.2) is 35.8 Å². The van der Waals surface area contributed by atoms with Crippen LogP contribution in [0, 0.1) is 6.92 Å². The van der Waals surface area contributed by atoms with E-state index < -0.39 is 6.04 Å². The predicted octanol–water partition coefficient (Wildman–Crippen LogP) is 2.16. The SMILES string of the molecule is Cc1nc(CCNC(=O)[C@@H](N)Cc2c[nH]c3ccccc23)cs1. The number of rotatable bonds is 6. The van der Waals surface area contributed by atoms with Gasteiger partial charge in [0.1, 0.15) is 0 Å². The molecular weight excluding hydrogens is 308 g/mol. The smallest absolute Gasteiger partial charge is 0.237 e. The van der Waals surface area contributed by atoms with Gasteiger partial charge in [-0.05, 0) is 25.0 Å². The summed E-state index contributed by atoms with van der Waals surface area (Å²) < 4.78 is 0. The third-order valence-corrected chi connectivity index (χ3v) is 4.62. The molecule has 0 fully saturated rings. The Kier molecular flexibility index (Phi) is 4.73. The Hall–Kier alpha value is -2.18. The second-order valence-corrected chi connectivity index (χ2v) is 6.63. The van der Waals surface area contributed by atoms with Crippen LogP contribution >= 0.6 is 11.3 Å². The van der Waals surface area contributed by atoms with Crippen molar-refractivity contribution in [2.45, 2.75) is 25.8 Å². The zero-order valence-electron chi connectivity index (χ0n) is 13.0. The maximum Gasteiger partial charge on any atom is 0.237 e. The highest BCUT2D eigenvalue weighted by Gasteiger charge is 2.15. The molecule has 6 heteroatoms. The van der Waals surface area contributed by atoms with Gasteiger partial charge in [0.2, 0.25) is 5.91 Å². The molecule has 0 aliphatic rings. The zero-order chi connectivity index (χ0) is 16.2. The molecule has 0 spiro atoms. The van der Waals surface area contributed by atoms with Crippen molar-refractivity contribution >= 4 is 28.1 Å². The van der Waals surface area contributed by atoms with Gasteiger partial charge in [-0.2, -0.15) is 0 Å². The number of thiazole rings is 1. The summed E-state index contributed by atoms with van der Waals surface area (Å²) in [6.45, 7) is 2.54. The molecule has 5 nitrogen and oxygen atoms in total. The van der Waals surface area contributed by atoms with Crippen LogP contribution in [-0.4, -0.2) is 28.5 Å². The molecule has 0 radical (unpaired) electrons. The van der Waals surface area contributed by atoms with Crippen molar-refractivity contribution in [3.05, 3.63) is 52.1 Å². The minimum Gasteiger partial charge on any atom is -0.361 e. The van der Waals surface area contributed by atoms with Gasteiger partial charge >= 0.3 is 0 Å². The minimum absolute atomic E-state index is 0.123. The van der Waals surface area contributed by atoms with Gasteiger partial charge in [-0.3, -0.25) is 4.79 Å². The van der Waals surface area contributed by atoms with E-state index in [1.165, 1.54) is 0 Å². The fourth-order valence-electron chi connectivity index (χ4n) is 2.60. The lowest BCUT2D eigenvalue weighted by Crippen LogP contribution is -2.42. The van der Waals surface area contributed by atoms with E-state index in [9.17, 15) is 4.79 Å². The normalized spacial score (nSPS) is 12.4. The van der Waals surface area contributed by atoms with E-state index in [0.717, 1.165) is 33.6 Å². The number of aromatic amines is 1. The number of benzene rings is 1. The predicted molar refractivity (Wildman–Crippen MR) is 93.5 cm³/mol. The molecule has 1 atom stereocenters. The molecular formula is C17H20N4OS. The van der Waals surface area contributed by atoms with Crippen molar-refractivity contribution in [1.29, 1.82) is 0 Å². The molecule has 3 rings (SSSR count). The topological polar surface area (TPSA) is 83.8 Å². The van der Waals surface area contributed by atoms with E-state index in [2.05, 4.69) is 15.3 Å². The van der Waals surface area contributed by atoms with Crippen LogP contribution in [0.4, 0.5) is 0 Å². The summed E-state index contributed by atoms with van der Waals surface area (Å²) in [7, 11) is 0. The van der Waals surface area contributed by atoms with E-state index in [1.54, 1.807) is 11.3 Å². The number of amides is 1. The number of fused-ring (bicyclic) bond motifs is 1. The lowest BCUT2D eigenvalue weighted by Gasteiger charge is -2.11. The highest BCUT2D eigenvalue weighted by Crippen LogP contribution is 2.18. The monoisotopic (exact) mass is 328 g/mol. The van der Waals surface area contributed by atoms with E-state index in [0.29, 0.717) is 13.0 Å². The number of aromatic nitrogens is 2. The van der Waals surface area contributed by atoms with Gasteiger partial charge < -0.3 is 16.0 Å². The lowest BCUT2D eigenvalue weighted by atomic mass is 10.1. The number of nitrogens with two attached hydrogens (primary N) is 1. The molecule has 1 amide bonds. The summed E-state index contributed by atoms with van der Waals surface area (Å²) in [6.07, 6.45) is 3.18. The number of H-pyrrole nitrogens is 1. The Labute approximate surface area is 138 Å². The first-order valence-electron chi connectivity index (χ1n) is 7.63. The molecule has 1 aromatic carbocycles. The number of nitrogens with one attached hydrogen (secondary N) is 2. The second kappa shape index (κ2) is 6.93. The van der Waals surface area contributed by atoms with Crippen molar-refractivity contribution in [2.75, 3.05) is 6.54 Å². The molecule has 0 unspecified atom stereocenters. The average Bonchev–Trinajstić information content (AvgIpc) is 3.14. The lowest BCUT2D eigenvalue weighted by molar-refractivity contribution is -0.122.